The van der Waals surface area contributed by atoms with E-state index in [1.807, 2.05) is 7.05 Å². The highest BCUT2D eigenvalue weighted by Crippen LogP contribution is 2.27. The molecule has 122 valence electrons. The highest BCUT2D eigenvalue weighted by molar-refractivity contribution is 5.97. The first-order valence-corrected chi connectivity index (χ1v) is 7.99. The predicted octanol–water partition coefficient (Wildman–Crippen LogP) is 2.07. The monoisotopic (exact) mass is 305 g/mol. The lowest BCUT2D eigenvalue weighted by Gasteiger charge is -2.22. The van der Waals surface area contributed by atoms with Gasteiger partial charge in [-0.25, -0.2) is 0 Å². The smallest absolute Gasteiger partial charge is 0.198 e. The number of aliphatic imine (C=N–C) groups is 1. The van der Waals surface area contributed by atoms with Gasteiger partial charge in [0, 0.05) is 39.5 Å². The topological polar surface area (TPSA) is 46.1 Å². The van der Waals surface area contributed by atoms with Gasteiger partial charge in [0.1, 0.15) is 0 Å². The number of guanidine groups is 1. The molecule has 5 nitrogen and oxygen atoms in total. The fourth-order valence-corrected chi connectivity index (χ4v) is 2.63. The third-order valence-corrected chi connectivity index (χ3v) is 3.78. The maximum atomic E-state index is 5.46. The lowest BCUT2D eigenvalue weighted by molar-refractivity contribution is 0.0689. The van der Waals surface area contributed by atoms with Gasteiger partial charge in [-0.05, 0) is 30.9 Å². The van der Waals surface area contributed by atoms with Crippen molar-refractivity contribution >= 4 is 11.6 Å². The van der Waals surface area contributed by atoms with Gasteiger partial charge in [-0.3, -0.25) is 4.99 Å². The summed E-state index contributed by atoms with van der Waals surface area (Å²) in [6, 6.07) is 8.54. The Balaban J connectivity index is 1.69. The summed E-state index contributed by atoms with van der Waals surface area (Å²) in [5.74, 6) is 0.963. The van der Waals surface area contributed by atoms with Crippen LogP contribution in [0.15, 0.2) is 29.3 Å². The molecule has 0 spiro atoms. The normalized spacial score (nSPS) is 14.3. The van der Waals surface area contributed by atoms with E-state index in [0.29, 0.717) is 13.2 Å². The van der Waals surface area contributed by atoms with Crippen LogP contribution in [0.4, 0.5) is 5.69 Å². The summed E-state index contributed by atoms with van der Waals surface area (Å²) in [7, 11) is 3.53. The van der Waals surface area contributed by atoms with E-state index in [-0.39, 0.29) is 0 Å². The Labute approximate surface area is 133 Å². The van der Waals surface area contributed by atoms with Crippen LogP contribution in [0.1, 0.15) is 18.4 Å². The zero-order chi connectivity index (χ0) is 15.6. The zero-order valence-electron chi connectivity index (χ0n) is 13.7. The summed E-state index contributed by atoms with van der Waals surface area (Å²) in [6.45, 7) is 4.05. The van der Waals surface area contributed by atoms with E-state index in [0.717, 1.165) is 44.9 Å². The standard InChI is InChI=1S/C17H27N3O2/c1-18-17(19-10-5-6-12-22-14-13-21-2)20-11-9-15-7-3-4-8-16(15)20/h3-4,7-8H,5-6,9-14H2,1-2H3,(H,18,19). The quantitative estimate of drug-likeness (QED) is 0.454. The minimum atomic E-state index is 0.666. The van der Waals surface area contributed by atoms with Crippen LogP contribution in [-0.2, 0) is 15.9 Å². The molecule has 0 radical (unpaired) electrons. The summed E-state index contributed by atoms with van der Waals surface area (Å²) in [5, 5.41) is 3.45. The Morgan fingerprint density at radius 1 is 1.23 bits per heavy atom. The van der Waals surface area contributed by atoms with Gasteiger partial charge in [0.05, 0.1) is 13.2 Å². The number of nitrogens with zero attached hydrogens (tertiary/aromatic N) is 2. The highest BCUT2D eigenvalue weighted by Gasteiger charge is 2.21. The summed E-state index contributed by atoms with van der Waals surface area (Å²) in [6.07, 6.45) is 3.20. The third kappa shape index (κ3) is 4.71. The van der Waals surface area contributed by atoms with Crippen LogP contribution >= 0.6 is 0 Å². The van der Waals surface area contributed by atoms with E-state index in [1.54, 1.807) is 7.11 Å². The Morgan fingerprint density at radius 3 is 2.91 bits per heavy atom. The molecule has 0 saturated carbocycles. The first-order chi connectivity index (χ1) is 10.9. The molecule has 1 aliphatic rings. The van der Waals surface area contributed by atoms with E-state index >= 15 is 0 Å². The third-order valence-electron chi connectivity index (χ3n) is 3.78. The number of rotatable bonds is 8. The van der Waals surface area contributed by atoms with E-state index < -0.39 is 0 Å². The maximum absolute atomic E-state index is 5.46. The van der Waals surface area contributed by atoms with Gasteiger partial charge in [-0.15, -0.1) is 0 Å². The van der Waals surface area contributed by atoms with Crippen LogP contribution in [0.2, 0.25) is 0 Å². The maximum Gasteiger partial charge on any atom is 0.198 e. The number of anilines is 1. The molecule has 0 fully saturated rings. The summed E-state index contributed by atoms with van der Waals surface area (Å²) in [4.78, 5) is 6.68. The average molecular weight is 305 g/mol. The van der Waals surface area contributed by atoms with Crippen molar-refractivity contribution in [2.75, 3.05) is 52.0 Å². The van der Waals surface area contributed by atoms with Crippen LogP contribution in [0, 0.1) is 0 Å². The minimum Gasteiger partial charge on any atom is -0.382 e. The van der Waals surface area contributed by atoms with Gasteiger partial charge >= 0.3 is 0 Å². The SMILES string of the molecule is CN=C(NCCCCOCCOC)N1CCc2ccccc21. The molecule has 1 aromatic carbocycles. The number of nitrogens with one attached hydrogen (secondary N) is 1. The zero-order valence-corrected chi connectivity index (χ0v) is 13.7. The van der Waals surface area contributed by atoms with Crippen molar-refractivity contribution in [3.8, 4) is 0 Å². The largest absolute Gasteiger partial charge is 0.382 e. The van der Waals surface area contributed by atoms with Crippen LogP contribution in [0.3, 0.4) is 0 Å². The number of hydrogen-bond acceptors (Lipinski definition) is 3. The van der Waals surface area contributed by atoms with E-state index in [4.69, 9.17) is 9.47 Å². The summed E-state index contributed by atoms with van der Waals surface area (Å²) >= 11 is 0. The van der Waals surface area contributed by atoms with Crippen molar-refractivity contribution in [1.82, 2.24) is 5.32 Å². The number of fused-ring (bicyclic) bond motifs is 1. The number of methoxy groups -OCH3 is 1. The van der Waals surface area contributed by atoms with Crippen molar-refractivity contribution in [3.63, 3.8) is 0 Å². The average Bonchev–Trinajstić information content (AvgIpc) is 2.98. The molecule has 0 atom stereocenters. The van der Waals surface area contributed by atoms with Crippen LogP contribution in [-0.4, -0.2) is 53.0 Å². The van der Waals surface area contributed by atoms with Crippen LogP contribution in [0.25, 0.3) is 0 Å². The van der Waals surface area contributed by atoms with E-state index in [2.05, 4.69) is 39.5 Å². The van der Waals surface area contributed by atoms with E-state index in [1.165, 1.54) is 11.3 Å². The molecule has 0 saturated heterocycles. The Hall–Kier alpha value is -1.59. The molecule has 0 aromatic heterocycles. The molecule has 0 aliphatic carbocycles. The summed E-state index contributed by atoms with van der Waals surface area (Å²) in [5.41, 5.74) is 2.68. The molecule has 1 N–H and O–H groups in total. The van der Waals surface area contributed by atoms with Crippen molar-refractivity contribution in [2.24, 2.45) is 4.99 Å². The predicted molar refractivity (Wildman–Crippen MR) is 90.8 cm³/mol. The summed E-state index contributed by atoms with van der Waals surface area (Å²) < 4.78 is 10.4. The van der Waals surface area contributed by atoms with Crippen molar-refractivity contribution in [3.05, 3.63) is 29.8 Å². The van der Waals surface area contributed by atoms with Gasteiger partial charge in [0.15, 0.2) is 5.96 Å². The number of hydrogen-bond donors (Lipinski definition) is 1. The van der Waals surface area contributed by atoms with Crippen LogP contribution in [0.5, 0.6) is 0 Å². The first kappa shape index (κ1) is 16.8. The fourth-order valence-electron chi connectivity index (χ4n) is 2.63. The molecular weight excluding hydrogens is 278 g/mol. The number of ether oxygens (including phenoxy) is 2. The lowest BCUT2D eigenvalue weighted by atomic mass is 10.2. The molecule has 1 heterocycles. The molecule has 0 bridgehead atoms. The number of para-hydroxylation sites is 1. The Kier molecular flexibility index (Phi) is 7.19. The van der Waals surface area contributed by atoms with Gasteiger partial charge in [-0.1, -0.05) is 18.2 Å². The molecule has 1 aromatic rings. The van der Waals surface area contributed by atoms with Crippen molar-refractivity contribution in [2.45, 2.75) is 19.3 Å². The lowest BCUT2D eigenvalue weighted by Crippen LogP contribution is -2.41. The molecule has 0 unspecified atom stereocenters. The highest BCUT2D eigenvalue weighted by atomic mass is 16.5. The first-order valence-electron chi connectivity index (χ1n) is 7.99. The van der Waals surface area contributed by atoms with Gasteiger partial charge in [0.25, 0.3) is 0 Å². The minimum absolute atomic E-state index is 0.666. The second-order valence-electron chi connectivity index (χ2n) is 5.32. The van der Waals surface area contributed by atoms with Crippen LogP contribution < -0.4 is 10.2 Å². The van der Waals surface area contributed by atoms with Gasteiger partial charge in [-0.2, -0.15) is 0 Å². The Bertz CT molecular complexity index is 477. The van der Waals surface area contributed by atoms with Gasteiger partial charge < -0.3 is 19.7 Å². The van der Waals surface area contributed by atoms with Gasteiger partial charge in [0.2, 0.25) is 0 Å². The molecule has 2 rings (SSSR count). The fraction of sp³-hybridized carbons (Fsp3) is 0.588. The molecular formula is C17H27N3O2. The Morgan fingerprint density at radius 2 is 2.09 bits per heavy atom. The number of benzene rings is 1. The molecule has 0 amide bonds. The van der Waals surface area contributed by atoms with Crippen molar-refractivity contribution in [1.29, 1.82) is 0 Å². The van der Waals surface area contributed by atoms with E-state index in [9.17, 15) is 0 Å². The second-order valence-corrected chi connectivity index (χ2v) is 5.32. The number of unbranched alkanes of at least 4 members (excludes halogenated alkanes) is 1. The molecule has 1 aliphatic heterocycles. The molecule has 5 heteroatoms. The molecule has 22 heavy (non-hydrogen) atoms. The second kappa shape index (κ2) is 9.43. The van der Waals surface area contributed by atoms with Crippen molar-refractivity contribution < 1.29 is 9.47 Å².